The summed E-state index contributed by atoms with van der Waals surface area (Å²) in [5, 5.41) is 0. The van der Waals surface area contributed by atoms with Crippen molar-refractivity contribution in [3.05, 3.63) is 75.8 Å². The van der Waals surface area contributed by atoms with Gasteiger partial charge in [-0.2, -0.15) is 0 Å². The van der Waals surface area contributed by atoms with Crippen molar-refractivity contribution < 1.29 is 18.4 Å². The van der Waals surface area contributed by atoms with Crippen molar-refractivity contribution >= 4 is 33.8 Å². The Morgan fingerprint density at radius 3 is 2.13 bits per heavy atom. The molecule has 0 radical (unpaired) electrons. The molecule has 4 nitrogen and oxygen atoms in total. The first-order valence-electron chi connectivity index (χ1n) is 9.82. The predicted octanol–water partition coefficient (Wildman–Crippen LogP) is 4.51. The molecule has 2 amide bonds. The van der Waals surface area contributed by atoms with Crippen molar-refractivity contribution in [3.63, 3.8) is 0 Å². The summed E-state index contributed by atoms with van der Waals surface area (Å²) in [6, 6.07) is 10.6. The first kappa shape index (κ1) is 20.7. The van der Waals surface area contributed by atoms with E-state index >= 15 is 0 Å². The molecule has 2 fully saturated rings. The number of nitrogens with zero attached hydrogens (tertiary/aromatic N) is 2. The molecule has 2 heterocycles. The van der Waals surface area contributed by atoms with Crippen molar-refractivity contribution in [2.24, 2.45) is 5.41 Å². The number of hydrogen-bond donors (Lipinski definition) is 0. The van der Waals surface area contributed by atoms with Gasteiger partial charge in [-0.05, 0) is 48.7 Å². The van der Waals surface area contributed by atoms with Gasteiger partial charge < -0.3 is 9.80 Å². The molecule has 2 aromatic carbocycles. The van der Waals surface area contributed by atoms with Crippen LogP contribution in [0.5, 0.6) is 0 Å². The molecule has 30 heavy (non-hydrogen) atoms. The van der Waals surface area contributed by atoms with Gasteiger partial charge in [-0.1, -0.05) is 28.1 Å². The molecule has 2 saturated heterocycles. The quantitative estimate of drug-likeness (QED) is 0.614. The molecule has 7 heteroatoms. The van der Waals surface area contributed by atoms with E-state index in [4.69, 9.17) is 0 Å². The van der Waals surface area contributed by atoms with Gasteiger partial charge in [-0.3, -0.25) is 9.59 Å². The molecule has 156 valence electrons. The minimum absolute atomic E-state index is 0.0164. The van der Waals surface area contributed by atoms with Crippen molar-refractivity contribution in [3.8, 4) is 0 Å². The van der Waals surface area contributed by atoms with Crippen molar-refractivity contribution in [1.82, 2.24) is 9.80 Å². The third kappa shape index (κ3) is 4.46. The first-order valence-corrected chi connectivity index (χ1v) is 10.6. The van der Waals surface area contributed by atoms with E-state index in [-0.39, 0.29) is 22.8 Å². The zero-order chi connectivity index (χ0) is 21.3. The Labute approximate surface area is 182 Å². The highest BCUT2D eigenvalue weighted by molar-refractivity contribution is 9.10. The van der Waals surface area contributed by atoms with E-state index in [9.17, 15) is 18.4 Å². The monoisotopic (exact) mass is 474 g/mol. The molecular weight excluding hydrogens is 454 g/mol. The molecule has 4 rings (SSSR count). The maximum absolute atomic E-state index is 13.4. The van der Waals surface area contributed by atoms with E-state index in [2.05, 4.69) is 15.9 Å². The van der Waals surface area contributed by atoms with Crippen LogP contribution < -0.4 is 0 Å². The van der Waals surface area contributed by atoms with Crippen LogP contribution in [0.1, 0.15) is 28.8 Å². The molecular formula is C23H21BrF2N2O2. The predicted molar refractivity (Wildman–Crippen MR) is 114 cm³/mol. The van der Waals surface area contributed by atoms with Crippen molar-refractivity contribution in [1.29, 1.82) is 0 Å². The van der Waals surface area contributed by atoms with Gasteiger partial charge >= 0.3 is 0 Å². The molecule has 0 unspecified atom stereocenters. The van der Waals surface area contributed by atoms with Crippen LogP contribution in [0.2, 0.25) is 0 Å². The summed E-state index contributed by atoms with van der Waals surface area (Å²) in [6.45, 7) is 2.39. The van der Waals surface area contributed by atoms with Gasteiger partial charge in [0, 0.05) is 53.8 Å². The molecule has 2 aliphatic rings. The molecule has 0 bridgehead atoms. The second-order valence-corrected chi connectivity index (χ2v) is 8.95. The Hall–Kier alpha value is -2.54. The highest BCUT2D eigenvalue weighted by Gasteiger charge is 2.46. The summed E-state index contributed by atoms with van der Waals surface area (Å²) >= 11 is 3.39. The Morgan fingerprint density at radius 2 is 1.53 bits per heavy atom. The van der Waals surface area contributed by atoms with Gasteiger partial charge in [0.1, 0.15) is 11.6 Å². The largest absolute Gasteiger partial charge is 0.339 e. The molecule has 2 aliphatic heterocycles. The maximum atomic E-state index is 13.4. The van der Waals surface area contributed by atoms with Gasteiger partial charge in [0.15, 0.2) is 0 Å². The van der Waals surface area contributed by atoms with Crippen LogP contribution in [0.15, 0.2) is 53.0 Å². The van der Waals surface area contributed by atoms with E-state index in [0.29, 0.717) is 26.2 Å². The van der Waals surface area contributed by atoms with Gasteiger partial charge in [0.05, 0.1) is 0 Å². The topological polar surface area (TPSA) is 40.6 Å². The molecule has 0 atom stereocenters. The van der Waals surface area contributed by atoms with E-state index in [1.165, 1.54) is 0 Å². The molecule has 2 aromatic rings. The molecule has 0 saturated carbocycles. The lowest BCUT2D eigenvalue weighted by Gasteiger charge is -2.53. The van der Waals surface area contributed by atoms with Crippen molar-refractivity contribution in [2.75, 3.05) is 26.2 Å². The third-order valence-corrected chi connectivity index (χ3v) is 6.40. The Bertz CT molecular complexity index is 971. The Morgan fingerprint density at radius 1 is 0.933 bits per heavy atom. The van der Waals surface area contributed by atoms with E-state index in [0.717, 1.165) is 41.1 Å². The fourth-order valence-corrected chi connectivity index (χ4v) is 4.39. The summed E-state index contributed by atoms with van der Waals surface area (Å²) in [7, 11) is 0. The van der Waals surface area contributed by atoms with Crippen molar-refractivity contribution in [2.45, 2.75) is 12.8 Å². The third-order valence-electron chi connectivity index (χ3n) is 5.87. The van der Waals surface area contributed by atoms with Gasteiger partial charge in [0.2, 0.25) is 5.91 Å². The summed E-state index contributed by atoms with van der Waals surface area (Å²) in [5.74, 6) is -1.88. The van der Waals surface area contributed by atoms with Crippen LogP contribution in [0.25, 0.3) is 6.08 Å². The van der Waals surface area contributed by atoms with Gasteiger partial charge in [0.25, 0.3) is 5.91 Å². The molecule has 0 N–H and O–H groups in total. The standard InChI is InChI=1S/C23H21BrF2N2O2/c24-18-4-1-16(2-5-18)3-6-21(29)28-14-23(15-28)7-9-27(10-8-23)22(30)17-11-19(25)13-20(26)12-17/h1-6,11-13H,7-10,14-15H2. The minimum Gasteiger partial charge on any atom is -0.339 e. The zero-order valence-corrected chi connectivity index (χ0v) is 17.9. The number of carbonyl (C=O) groups excluding carboxylic acids is 2. The van der Waals surface area contributed by atoms with E-state index in [1.807, 2.05) is 29.2 Å². The number of hydrogen-bond acceptors (Lipinski definition) is 2. The fourth-order valence-electron chi connectivity index (χ4n) is 4.13. The second-order valence-electron chi connectivity index (χ2n) is 8.03. The Balaban J connectivity index is 1.29. The lowest BCUT2D eigenvalue weighted by Crippen LogP contribution is -2.62. The smallest absolute Gasteiger partial charge is 0.254 e. The lowest BCUT2D eigenvalue weighted by molar-refractivity contribution is -0.140. The van der Waals surface area contributed by atoms with Crippen LogP contribution in [0.4, 0.5) is 8.78 Å². The van der Waals surface area contributed by atoms with E-state index < -0.39 is 11.6 Å². The highest BCUT2D eigenvalue weighted by atomic mass is 79.9. The van der Waals surface area contributed by atoms with Crippen LogP contribution in [0.3, 0.4) is 0 Å². The lowest BCUT2D eigenvalue weighted by atomic mass is 9.72. The number of amides is 2. The fraction of sp³-hybridized carbons (Fsp3) is 0.304. The normalized spacial score (nSPS) is 18.0. The zero-order valence-electron chi connectivity index (χ0n) is 16.3. The summed E-state index contributed by atoms with van der Waals surface area (Å²) in [5.41, 5.74) is 1.03. The van der Waals surface area contributed by atoms with Crippen LogP contribution >= 0.6 is 15.9 Å². The minimum atomic E-state index is -0.754. The number of halogens is 3. The Kier molecular flexibility index (Phi) is 5.73. The number of carbonyl (C=O) groups is 2. The first-order chi connectivity index (χ1) is 14.3. The number of benzene rings is 2. The van der Waals surface area contributed by atoms with Crippen LogP contribution in [-0.2, 0) is 4.79 Å². The average molecular weight is 475 g/mol. The SMILES string of the molecule is O=C(C=Cc1ccc(Br)cc1)N1CC2(CCN(C(=O)c3cc(F)cc(F)c3)CC2)C1. The number of piperidine rings is 1. The van der Waals surface area contributed by atoms with Crippen LogP contribution in [-0.4, -0.2) is 47.8 Å². The average Bonchev–Trinajstić information content (AvgIpc) is 2.70. The van der Waals surface area contributed by atoms with Gasteiger partial charge in [-0.15, -0.1) is 0 Å². The molecule has 1 spiro atoms. The second kappa shape index (κ2) is 8.30. The number of rotatable bonds is 3. The van der Waals surface area contributed by atoms with E-state index in [1.54, 1.807) is 17.1 Å². The highest BCUT2D eigenvalue weighted by Crippen LogP contribution is 2.40. The maximum Gasteiger partial charge on any atom is 0.254 e. The summed E-state index contributed by atoms with van der Waals surface area (Å²) in [4.78, 5) is 28.4. The van der Waals surface area contributed by atoms with Crippen LogP contribution in [0, 0.1) is 17.0 Å². The number of likely N-dealkylation sites (tertiary alicyclic amines) is 2. The van der Waals surface area contributed by atoms with Gasteiger partial charge in [-0.25, -0.2) is 8.78 Å². The summed E-state index contributed by atoms with van der Waals surface area (Å²) < 4.78 is 27.8. The summed E-state index contributed by atoms with van der Waals surface area (Å²) in [6.07, 6.45) is 4.94. The molecule has 0 aromatic heterocycles. The molecule has 0 aliphatic carbocycles.